The van der Waals surface area contributed by atoms with Crippen molar-refractivity contribution in [3.05, 3.63) is 63.7 Å². The lowest BCUT2D eigenvalue weighted by Gasteiger charge is -2.44. The molecule has 0 saturated carbocycles. The molecule has 0 bridgehead atoms. The standard InChI is InChI=1S/C25H26ClNO4/c1-16-3-5-18(6-4-16)21(28)7-8-23(30)27-11-9-25(10-12-27)15-22(29)20-14-19(26)13-17(2)24(20)31-25/h3-6,13-14H,7-12,15H2,1-2H3. The van der Waals surface area contributed by atoms with Crippen LogP contribution in [0.3, 0.4) is 0 Å². The summed E-state index contributed by atoms with van der Waals surface area (Å²) in [4.78, 5) is 39.6. The van der Waals surface area contributed by atoms with Crippen LogP contribution in [0.5, 0.6) is 5.75 Å². The minimum absolute atomic E-state index is 0.0196. The second kappa shape index (κ2) is 8.46. The van der Waals surface area contributed by atoms with Gasteiger partial charge < -0.3 is 9.64 Å². The molecule has 2 aromatic carbocycles. The number of amides is 1. The molecule has 0 aliphatic carbocycles. The topological polar surface area (TPSA) is 63.7 Å². The summed E-state index contributed by atoms with van der Waals surface area (Å²) >= 11 is 6.10. The van der Waals surface area contributed by atoms with Gasteiger partial charge in [-0.25, -0.2) is 0 Å². The van der Waals surface area contributed by atoms with Crippen molar-refractivity contribution in [2.24, 2.45) is 0 Å². The number of carbonyl (C=O) groups is 3. The molecule has 0 unspecified atom stereocenters. The summed E-state index contributed by atoms with van der Waals surface area (Å²) in [5.74, 6) is 0.606. The van der Waals surface area contributed by atoms with Crippen LogP contribution >= 0.6 is 11.6 Å². The van der Waals surface area contributed by atoms with E-state index in [-0.39, 0.29) is 30.3 Å². The predicted octanol–water partition coefficient (Wildman–Crippen LogP) is 4.95. The lowest BCUT2D eigenvalue weighted by atomic mass is 9.82. The number of ether oxygens (including phenoxy) is 1. The number of Topliss-reactive ketones (excluding diaryl/α,β-unsaturated/α-hetero) is 2. The van der Waals surface area contributed by atoms with E-state index >= 15 is 0 Å². The first-order valence-electron chi connectivity index (χ1n) is 10.7. The number of nitrogens with zero attached hydrogens (tertiary/aromatic N) is 1. The summed E-state index contributed by atoms with van der Waals surface area (Å²) < 4.78 is 6.34. The fraction of sp³-hybridized carbons (Fsp3) is 0.400. The smallest absolute Gasteiger partial charge is 0.223 e. The van der Waals surface area contributed by atoms with Crippen molar-refractivity contribution in [1.82, 2.24) is 4.90 Å². The van der Waals surface area contributed by atoms with E-state index in [0.717, 1.165) is 11.1 Å². The largest absolute Gasteiger partial charge is 0.486 e. The lowest BCUT2D eigenvalue weighted by Crippen LogP contribution is -2.52. The maximum absolute atomic E-state index is 12.8. The molecule has 0 radical (unpaired) electrons. The van der Waals surface area contributed by atoms with Gasteiger partial charge in [-0.3, -0.25) is 14.4 Å². The maximum atomic E-state index is 12.8. The van der Waals surface area contributed by atoms with Gasteiger partial charge in [0.15, 0.2) is 11.6 Å². The zero-order chi connectivity index (χ0) is 22.2. The Hall–Kier alpha value is -2.66. The zero-order valence-electron chi connectivity index (χ0n) is 17.9. The molecule has 2 aromatic rings. The van der Waals surface area contributed by atoms with Crippen LogP contribution in [0.4, 0.5) is 0 Å². The second-order valence-corrected chi connectivity index (χ2v) is 9.09. The van der Waals surface area contributed by atoms with E-state index in [2.05, 4.69) is 0 Å². The summed E-state index contributed by atoms with van der Waals surface area (Å²) in [6, 6.07) is 10.9. The molecule has 0 N–H and O–H groups in total. The van der Waals surface area contributed by atoms with E-state index in [9.17, 15) is 14.4 Å². The Morgan fingerprint density at radius 2 is 1.74 bits per heavy atom. The Bertz CT molecular complexity index is 1040. The monoisotopic (exact) mass is 439 g/mol. The van der Waals surface area contributed by atoms with Gasteiger partial charge in [0.25, 0.3) is 0 Å². The third kappa shape index (κ3) is 4.52. The number of hydrogen-bond donors (Lipinski definition) is 0. The highest BCUT2D eigenvalue weighted by atomic mass is 35.5. The van der Waals surface area contributed by atoms with Crippen molar-refractivity contribution < 1.29 is 19.1 Å². The van der Waals surface area contributed by atoms with E-state index < -0.39 is 5.60 Å². The minimum atomic E-state index is -0.572. The van der Waals surface area contributed by atoms with Crippen molar-refractivity contribution >= 4 is 29.1 Å². The maximum Gasteiger partial charge on any atom is 0.223 e. The van der Waals surface area contributed by atoms with Crippen molar-refractivity contribution in [3.63, 3.8) is 0 Å². The number of piperidine rings is 1. The second-order valence-electron chi connectivity index (χ2n) is 8.65. The molecule has 0 atom stereocenters. The molecule has 0 aromatic heterocycles. The van der Waals surface area contributed by atoms with Crippen LogP contribution in [0.15, 0.2) is 36.4 Å². The number of benzene rings is 2. The Morgan fingerprint density at radius 3 is 2.42 bits per heavy atom. The molecule has 1 spiro atoms. The van der Waals surface area contributed by atoms with Crippen LogP contribution in [0.25, 0.3) is 0 Å². The van der Waals surface area contributed by atoms with Gasteiger partial charge in [-0.2, -0.15) is 0 Å². The van der Waals surface area contributed by atoms with Gasteiger partial charge in [-0.15, -0.1) is 0 Å². The van der Waals surface area contributed by atoms with Crippen LogP contribution in [0, 0.1) is 13.8 Å². The Balaban J connectivity index is 1.35. The summed E-state index contributed by atoms with van der Waals surface area (Å²) in [6.45, 7) is 4.90. The summed E-state index contributed by atoms with van der Waals surface area (Å²) in [7, 11) is 0. The van der Waals surface area contributed by atoms with E-state index in [1.165, 1.54) is 0 Å². The number of aryl methyl sites for hydroxylation is 2. The summed E-state index contributed by atoms with van der Waals surface area (Å²) in [5.41, 5.74) is 2.56. The fourth-order valence-electron chi connectivity index (χ4n) is 4.42. The van der Waals surface area contributed by atoms with E-state index in [1.807, 2.05) is 26.0 Å². The van der Waals surface area contributed by atoms with Crippen LogP contribution in [0.2, 0.25) is 5.02 Å². The lowest BCUT2D eigenvalue weighted by molar-refractivity contribution is -0.134. The highest BCUT2D eigenvalue weighted by molar-refractivity contribution is 6.31. The number of carbonyl (C=O) groups excluding carboxylic acids is 3. The molecule has 6 heteroatoms. The van der Waals surface area contributed by atoms with E-state index in [0.29, 0.717) is 54.3 Å². The van der Waals surface area contributed by atoms with Gasteiger partial charge in [0.1, 0.15) is 11.4 Å². The Labute approximate surface area is 187 Å². The third-order valence-electron chi connectivity index (χ3n) is 6.31. The minimum Gasteiger partial charge on any atom is -0.486 e. The molecule has 1 amide bonds. The van der Waals surface area contributed by atoms with Crippen molar-refractivity contribution in [2.75, 3.05) is 13.1 Å². The van der Waals surface area contributed by atoms with Gasteiger partial charge in [0.2, 0.25) is 5.91 Å². The van der Waals surface area contributed by atoms with Crippen molar-refractivity contribution in [3.8, 4) is 5.75 Å². The quantitative estimate of drug-likeness (QED) is 0.632. The molecular formula is C25H26ClNO4. The SMILES string of the molecule is Cc1ccc(C(=O)CCC(=O)N2CCC3(CC2)CC(=O)c2cc(Cl)cc(C)c2O3)cc1. The van der Waals surface area contributed by atoms with Crippen molar-refractivity contribution in [2.45, 2.75) is 51.6 Å². The van der Waals surface area contributed by atoms with Crippen LogP contribution in [-0.2, 0) is 4.79 Å². The molecule has 2 aliphatic rings. The van der Waals surface area contributed by atoms with Crippen molar-refractivity contribution in [1.29, 1.82) is 0 Å². The Kier molecular flexibility index (Phi) is 5.89. The van der Waals surface area contributed by atoms with Gasteiger partial charge in [0.05, 0.1) is 12.0 Å². The Morgan fingerprint density at radius 1 is 1.06 bits per heavy atom. The van der Waals surface area contributed by atoms with Gasteiger partial charge in [-0.1, -0.05) is 41.4 Å². The molecule has 162 valence electrons. The molecule has 4 rings (SSSR count). The first-order valence-corrected chi connectivity index (χ1v) is 11.0. The van der Waals surface area contributed by atoms with E-state index in [4.69, 9.17) is 16.3 Å². The number of ketones is 2. The molecule has 5 nitrogen and oxygen atoms in total. The molecule has 2 heterocycles. The van der Waals surface area contributed by atoms with Crippen LogP contribution in [-0.4, -0.2) is 41.1 Å². The summed E-state index contributed by atoms with van der Waals surface area (Å²) in [5, 5.41) is 0.532. The first-order chi connectivity index (χ1) is 14.8. The normalized spacial score (nSPS) is 17.3. The highest BCUT2D eigenvalue weighted by Crippen LogP contribution is 2.42. The third-order valence-corrected chi connectivity index (χ3v) is 6.53. The first kappa shape index (κ1) is 21.6. The van der Waals surface area contributed by atoms with Gasteiger partial charge in [-0.05, 0) is 31.5 Å². The van der Waals surface area contributed by atoms with Gasteiger partial charge in [0, 0.05) is 49.4 Å². The fourth-order valence-corrected chi connectivity index (χ4v) is 4.69. The number of fused-ring (bicyclic) bond motifs is 1. The molecule has 1 saturated heterocycles. The number of halogens is 1. The number of likely N-dealkylation sites (tertiary alicyclic amines) is 1. The van der Waals surface area contributed by atoms with Gasteiger partial charge >= 0.3 is 0 Å². The average Bonchev–Trinajstić information content (AvgIpc) is 2.74. The average molecular weight is 440 g/mol. The molecular weight excluding hydrogens is 414 g/mol. The van der Waals surface area contributed by atoms with Crippen LogP contribution in [0.1, 0.15) is 63.9 Å². The number of hydrogen-bond acceptors (Lipinski definition) is 4. The zero-order valence-corrected chi connectivity index (χ0v) is 18.6. The molecule has 1 fully saturated rings. The summed E-state index contributed by atoms with van der Waals surface area (Å²) in [6.07, 6.45) is 1.88. The highest BCUT2D eigenvalue weighted by Gasteiger charge is 2.44. The number of rotatable bonds is 4. The van der Waals surface area contributed by atoms with E-state index in [1.54, 1.807) is 29.2 Å². The molecule has 31 heavy (non-hydrogen) atoms. The van der Waals surface area contributed by atoms with Crippen LogP contribution < -0.4 is 4.74 Å². The molecule has 2 aliphatic heterocycles. The predicted molar refractivity (Wildman–Crippen MR) is 119 cm³/mol.